The van der Waals surface area contributed by atoms with Crippen LogP contribution in [-0.2, 0) is 24.3 Å². The topological polar surface area (TPSA) is 101 Å². The third kappa shape index (κ3) is 4.14. The predicted molar refractivity (Wildman–Crippen MR) is 107 cm³/mol. The van der Waals surface area contributed by atoms with Gasteiger partial charge in [-0.3, -0.25) is 14.4 Å². The average molecular weight is 423 g/mol. The van der Waals surface area contributed by atoms with Gasteiger partial charge in [0, 0.05) is 18.7 Å². The quantitative estimate of drug-likeness (QED) is 0.686. The lowest BCUT2D eigenvalue weighted by Crippen LogP contribution is -2.40. The number of benzene rings is 1. The molecule has 9 heteroatoms. The molecule has 0 radical (unpaired) electrons. The van der Waals surface area contributed by atoms with Crippen LogP contribution in [0.1, 0.15) is 44.0 Å². The van der Waals surface area contributed by atoms with Gasteiger partial charge in [0.2, 0.25) is 15.9 Å². The highest BCUT2D eigenvalue weighted by Crippen LogP contribution is 2.36. The van der Waals surface area contributed by atoms with Gasteiger partial charge in [-0.15, -0.1) is 0 Å². The van der Waals surface area contributed by atoms with Crippen molar-refractivity contribution in [2.24, 2.45) is 11.3 Å². The van der Waals surface area contributed by atoms with E-state index in [1.54, 1.807) is 37.8 Å². The van der Waals surface area contributed by atoms with Crippen LogP contribution in [0.2, 0.25) is 0 Å². The molecule has 8 nitrogen and oxygen atoms in total. The summed E-state index contributed by atoms with van der Waals surface area (Å²) in [6.07, 6.45) is 1.05. The molecule has 0 bridgehead atoms. The van der Waals surface area contributed by atoms with Crippen molar-refractivity contribution in [1.29, 1.82) is 0 Å². The molecule has 2 amide bonds. The Kier molecular flexibility index (Phi) is 5.71. The molecular weight excluding hydrogens is 396 g/mol. The molecule has 0 aromatic heterocycles. The zero-order chi connectivity index (χ0) is 21.4. The van der Waals surface area contributed by atoms with Gasteiger partial charge >= 0.3 is 5.97 Å². The van der Waals surface area contributed by atoms with Gasteiger partial charge < -0.3 is 9.64 Å². The molecule has 2 aliphatic heterocycles. The van der Waals surface area contributed by atoms with Crippen molar-refractivity contribution in [3.05, 3.63) is 29.8 Å². The Morgan fingerprint density at radius 3 is 2.41 bits per heavy atom. The van der Waals surface area contributed by atoms with Crippen LogP contribution in [0.15, 0.2) is 24.3 Å². The predicted octanol–water partition coefficient (Wildman–Crippen LogP) is 1.80. The van der Waals surface area contributed by atoms with Crippen molar-refractivity contribution in [2.45, 2.75) is 33.6 Å². The maximum atomic E-state index is 12.9. The number of nitrogens with zero attached hydrogens (tertiary/aromatic N) is 2. The van der Waals surface area contributed by atoms with Crippen molar-refractivity contribution in [1.82, 2.24) is 4.90 Å². The fourth-order valence-corrected chi connectivity index (χ4v) is 5.89. The Morgan fingerprint density at radius 1 is 1.21 bits per heavy atom. The molecule has 1 aromatic rings. The van der Waals surface area contributed by atoms with Crippen LogP contribution in [-0.4, -0.2) is 56.6 Å². The summed E-state index contributed by atoms with van der Waals surface area (Å²) in [7, 11) is -3.78. The van der Waals surface area contributed by atoms with Crippen molar-refractivity contribution in [2.75, 3.05) is 29.8 Å². The maximum Gasteiger partial charge on any atom is 0.309 e. The van der Waals surface area contributed by atoms with E-state index in [9.17, 15) is 22.8 Å². The monoisotopic (exact) mass is 422 g/mol. The van der Waals surface area contributed by atoms with E-state index in [2.05, 4.69) is 0 Å². The highest BCUT2D eigenvalue weighted by molar-refractivity contribution is 7.94. The summed E-state index contributed by atoms with van der Waals surface area (Å²) in [6, 6.07) is 6.13. The van der Waals surface area contributed by atoms with Crippen LogP contribution in [0, 0.1) is 11.3 Å². The molecule has 0 N–H and O–H groups in total. The largest absolute Gasteiger partial charge is 0.466 e. The fraction of sp³-hybridized carbons (Fsp3) is 0.550. The van der Waals surface area contributed by atoms with Gasteiger partial charge in [0.15, 0.2) is 0 Å². The minimum Gasteiger partial charge on any atom is -0.466 e. The Labute approximate surface area is 170 Å². The third-order valence-electron chi connectivity index (χ3n) is 5.31. The number of sulfonamides is 1. The summed E-state index contributed by atoms with van der Waals surface area (Å²) in [5, 5.41) is 0. The highest BCUT2D eigenvalue weighted by Gasteiger charge is 2.50. The first-order chi connectivity index (χ1) is 13.6. The molecule has 2 heterocycles. The molecule has 3 rings (SSSR count). The molecule has 0 atom stereocenters. The zero-order valence-electron chi connectivity index (χ0n) is 16.9. The van der Waals surface area contributed by atoms with E-state index < -0.39 is 21.3 Å². The van der Waals surface area contributed by atoms with Crippen molar-refractivity contribution in [3.8, 4) is 0 Å². The summed E-state index contributed by atoms with van der Waals surface area (Å²) in [6.45, 7) is 6.11. The number of rotatable bonds is 4. The molecule has 0 spiro atoms. The van der Waals surface area contributed by atoms with E-state index in [1.165, 1.54) is 12.1 Å². The second-order valence-electron chi connectivity index (χ2n) is 8.08. The van der Waals surface area contributed by atoms with Crippen LogP contribution in [0.3, 0.4) is 0 Å². The van der Waals surface area contributed by atoms with Crippen molar-refractivity contribution < 1.29 is 27.5 Å². The first kappa shape index (κ1) is 21.3. The summed E-state index contributed by atoms with van der Waals surface area (Å²) in [5.74, 6) is -1.46. The van der Waals surface area contributed by atoms with Crippen LogP contribution >= 0.6 is 0 Å². The highest BCUT2D eigenvalue weighted by atomic mass is 32.2. The van der Waals surface area contributed by atoms with E-state index in [1.807, 2.05) is 0 Å². The summed E-state index contributed by atoms with van der Waals surface area (Å²) in [5.41, 5.74) is -0.522. The van der Waals surface area contributed by atoms with Crippen LogP contribution in [0.4, 0.5) is 5.69 Å². The van der Waals surface area contributed by atoms with Gasteiger partial charge in [-0.2, -0.15) is 0 Å². The Balaban J connectivity index is 1.76. The number of hydrogen-bond acceptors (Lipinski definition) is 6. The maximum absolute atomic E-state index is 12.9. The Bertz CT molecular complexity index is 932. The number of piperidine rings is 1. The minimum atomic E-state index is -3.78. The van der Waals surface area contributed by atoms with Gasteiger partial charge in [-0.05, 0) is 51.8 Å². The second kappa shape index (κ2) is 7.78. The smallest absolute Gasteiger partial charge is 0.309 e. The van der Waals surface area contributed by atoms with E-state index in [4.69, 9.17) is 4.74 Å². The van der Waals surface area contributed by atoms with Gasteiger partial charge in [-0.1, -0.05) is 6.07 Å². The van der Waals surface area contributed by atoms with E-state index >= 15 is 0 Å². The lowest BCUT2D eigenvalue weighted by Gasteiger charge is -2.31. The van der Waals surface area contributed by atoms with Gasteiger partial charge in [-0.25, -0.2) is 12.7 Å². The van der Waals surface area contributed by atoms with Gasteiger partial charge in [0.1, 0.15) is 0 Å². The second-order valence-corrected chi connectivity index (χ2v) is 9.90. The Morgan fingerprint density at radius 2 is 1.86 bits per heavy atom. The fourth-order valence-electron chi connectivity index (χ4n) is 3.79. The summed E-state index contributed by atoms with van der Waals surface area (Å²) in [4.78, 5) is 39.0. The number of hydrogen-bond donors (Lipinski definition) is 0. The number of carbonyl (C=O) groups is 3. The number of anilines is 1. The Hall–Kier alpha value is -2.42. The molecule has 158 valence electrons. The molecular formula is C20H26N2O6S. The van der Waals surface area contributed by atoms with Crippen LogP contribution in [0.5, 0.6) is 0 Å². The van der Waals surface area contributed by atoms with Gasteiger partial charge in [0.25, 0.3) is 5.91 Å². The minimum absolute atomic E-state index is 0.174. The molecule has 2 aliphatic rings. The number of amides is 2. The molecule has 2 saturated heterocycles. The molecule has 0 unspecified atom stereocenters. The third-order valence-corrected chi connectivity index (χ3v) is 7.33. The van der Waals surface area contributed by atoms with Crippen molar-refractivity contribution >= 4 is 33.5 Å². The first-order valence-electron chi connectivity index (χ1n) is 9.70. The lowest BCUT2D eigenvalue weighted by atomic mass is 9.95. The molecule has 0 aliphatic carbocycles. The lowest BCUT2D eigenvalue weighted by molar-refractivity contribution is -0.149. The number of likely N-dealkylation sites (tertiary alicyclic amines) is 1. The normalized spacial score (nSPS) is 21.3. The van der Waals surface area contributed by atoms with Crippen LogP contribution < -0.4 is 4.31 Å². The van der Waals surface area contributed by atoms with Crippen molar-refractivity contribution in [3.63, 3.8) is 0 Å². The first-order valence-corrected chi connectivity index (χ1v) is 11.3. The molecule has 1 aromatic carbocycles. The summed E-state index contributed by atoms with van der Waals surface area (Å²) < 4.78 is 30.8. The van der Waals surface area contributed by atoms with E-state index in [0.717, 1.165) is 4.31 Å². The molecule has 29 heavy (non-hydrogen) atoms. The summed E-state index contributed by atoms with van der Waals surface area (Å²) >= 11 is 0. The standard InChI is InChI=1S/C20H26N2O6S/c1-4-28-18(24)14-8-10-21(11-9-14)17(23)15-6-5-7-16(12-15)22-19(25)20(2,3)13-29(22,26)27/h5-7,12,14H,4,8-11,13H2,1-3H3. The SMILES string of the molecule is CCOC(=O)C1CCN(C(=O)c2cccc(N3C(=O)C(C)(C)CS3(=O)=O)c2)CC1. The number of esters is 1. The van der Waals surface area contributed by atoms with E-state index in [0.29, 0.717) is 38.1 Å². The number of carbonyl (C=O) groups excluding carboxylic acids is 3. The molecule has 0 saturated carbocycles. The van der Waals surface area contributed by atoms with E-state index in [-0.39, 0.29) is 29.2 Å². The average Bonchev–Trinajstić information content (AvgIpc) is 2.84. The molecule has 2 fully saturated rings. The zero-order valence-corrected chi connectivity index (χ0v) is 17.7. The van der Waals surface area contributed by atoms with Crippen LogP contribution in [0.25, 0.3) is 0 Å². The van der Waals surface area contributed by atoms with Gasteiger partial charge in [0.05, 0.1) is 29.4 Å². The number of ether oxygens (including phenoxy) is 1.